The van der Waals surface area contributed by atoms with E-state index < -0.39 is 11.9 Å². The quantitative estimate of drug-likeness (QED) is 0.555. The Bertz CT molecular complexity index is 1020. The molecule has 1 aromatic rings. The lowest BCUT2D eigenvalue weighted by molar-refractivity contribution is -0.136. The maximum absolute atomic E-state index is 13.4. The van der Waals surface area contributed by atoms with Gasteiger partial charge in [0.2, 0.25) is 0 Å². The second-order valence-electron chi connectivity index (χ2n) is 11.5. The lowest BCUT2D eigenvalue weighted by Crippen LogP contribution is -2.49. The van der Waals surface area contributed by atoms with Gasteiger partial charge in [-0.15, -0.1) is 0 Å². The molecule has 0 aliphatic heterocycles. The number of rotatable bonds is 5. The number of fused-ring (bicyclic) bond motifs is 5. The van der Waals surface area contributed by atoms with Gasteiger partial charge in [-0.3, -0.25) is 4.79 Å². The number of aliphatic carboxylic acids is 1. The first kappa shape index (κ1) is 22.6. The Labute approximate surface area is 196 Å². The molecule has 2 fully saturated rings. The number of carboxylic acids is 1. The highest BCUT2D eigenvalue weighted by Gasteiger charge is 2.56. The van der Waals surface area contributed by atoms with E-state index in [9.17, 15) is 19.1 Å². The number of allylic oxidation sites excluding steroid dienone is 3. The number of benzene rings is 1. The summed E-state index contributed by atoms with van der Waals surface area (Å²) in [4.78, 5) is 25.5. The van der Waals surface area contributed by atoms with Crippen molar-refractivity contribution in [1.82, 2.24) is 0 Å². The van der Waals surface area contributed by atoms with Crippen molar-refractivity contribution < 1.29 is 19.1 Å². The van der Waals surface area contributed by atoms with Crippen molar-refractivity contribution in [3.05, 3.63) is 58.9 Å². The summed E-state index contributed by atoms with van der Waals surface area (Å²) in [5.41, 5.74) is 2.62. The molecule has 1 aromatic carbocycles. The van der Waals surface area contributed by atoms with E-state index in [0.717, 1.165) is 23.5 Å². The van der Waals surface area contributed by atoms with Gasteiger partial charge in [-0.25, -0.2) is 9.18 Å². The molecule has 0 saturated heterocycles. The van der Waals surface area contributed by atoms with E-state index in [1.54, 1.807) is 12.1 Å². The van der Waals surface area contributed by atoms with Gasteiger partial charge < -0.3 is 5.11 Å². The zero-order valence-electron chi connectivity index (χ0n) is 19.8. The molecular weight excluding hydrogens is 415 g/mol. The van der Waals surface area contributed by atoms with E-state index >= 15 is 0 Å². The van der Waals surface area contributed by atoms with E-state index in [0.29, 0.717) is 30.1 Å². The molecule has 1 unspecified atom stereocenters. The van der Waals surface area contributed by atoms with Gasteiger partial charge >= 0.3 is 5.97 Å². The van der Waals surface area contributed by atoms with Crippen LogP contribution in [0.15, 0.2) is 47.6 Å². The van der Waals surface area contributed by atoms with Gasteiger partial charge in [-0.1, -0.05) is 38.5 Å². The molecule has 0 spiro atoms. The van der Waals surface area contributed by atoms with Crippen molar-refractivity contribution in [2.45, 2.75) is 71.6 Å². The van der Waals surface area contributed by atoms with Crippen LogP contribution in [0.2, 0.25) is 0 Å². The van der Waals surface area contributed by atoms with Crippen LogP contribution in [0, 0.1) is 40.3 Å². The minimum Gasteiger partial charge on any atom is -0.478 e. The summed E-state index contributed by atoms with van der Waals surface area (Å²) in [6.45, 7) is 4.77. The Morgan fingerprint density at radius 1 is 1.09 bits per heavy atom. The fourth-order valence-corrected chi connectivity index (χ4v) is 8.00. The Balaban J connectivity index is 1.41. The third kappa shape index (κ3) is 3.80. The van der Waals surface area contributed by atoms with Gasteiger partial charge in [0.1, 0.15) is 11.6 Å². The number of carbonyl (C=O) groups excluding carboxylic acids is 1. The van der Waals surface area contributed by atoms with Gasteiger partial charge in [0.15, 0.2) is 0 Å². The minimum atomic E-state index is -0.979. The molecule has 0 radical (unpaired) electrons. The van der Waals surface area contributed by atoms with Crippen molar-refractivity contribution in [2.75, 3.05) is 0 Å². The number of halogens is 1. The molecule has 4 aliphatic rings. The number of hydrogen-bond acceptors (Lipinski definition) is 2. The van der Waals surface area contributed by atoms with E-state index in [1.165, 1.54) is 44.2 Å². The molecule has 0 aromatic heterocycles. The van der Waals surface area contributed by atoms with E-state index in [-0.39, 0.29) is 29.0 Å². The highest BCUT2D eigenvalue weighted by Crippen LogP contribution is 2.65. The molecule has 1 N–H and O–H groups in total. The van der Waals surface area contributed by atoms with Gasteiger partial charge in [-0.05, 0) is 103 Å². The maximum Gasteiger partial charge on any atom is 0.332 e. The molecule has 2 saturated carbocycles. The first-order chi connectivity index (χ1) is 15.7. The van der Waals surface area contributed by atoms with Crippen molar-refractivity contribution in [3.8, 4) is 0 Å². The summed E-state index contributed by atoms with van der Waals surface area (Å²) in [7, 11) is 0. The van der Waals surface area contributed by atoms with E-state index in [2.05, 4.69) is 19.9 Å². The van der Waals surface area contributed by atoms with Crippen LogP contribution in [0.3, 0.4) is 0 Å². The number of ketones is 1. The molecule has 0 bridgehead atoms. The topological polar surface area (TPSA) is 54.4 Å². The first-order valence-corrected chi connectivity index (χ1v) is 12.6. The monoisotopic (exact) mass is 450 g/mol. The summed E-state index contributed by atoms with van der Waals surface area (Å²) < 4.78 is 13.2. The number of carbonyl (C=O) groups is 2. The van der Waals surface area contributed by atoms with Crippen molar-refractivity contribution in [1.29, 1.82) is 0 Å². The Hall–Kier alpha value is -2.23. The standard InChI is InChI=1S/C29H35FO3/c1-28-14-3-4-24(28)21-11-8-19-16-22(27(32)33)23(17-29(19,2)25(21)13-15-28)26(31)12-7-18-5-9-20(30)10-6-18/h5-6,8-10,16,21,23-25H,3-4,7,11-15,17H2,1-2H3,(H,32,33)/t21-,23?,24-,25-,28-,29-/m0/s1. The average molecular weight is 451 g/mol. The molecule has 5 rings (SSSR count). The van der Waals surface area contributed by atoms with Crippen molar-refractivity contribution in [3.63, 3.8) is 0 Å². The zero-order chi connectivity index (χ0) is 23.4. The Morgan fingerprint density at radius 2 is 1.85 bits per heavy atom. The maximum atomic E-state index is 13.4. The third-order valence-corrected chi connectivity index (χ3v) is 9.83. The predicted octanol–water partition coefficient (Wildman–Crippen LogP) is 6.53. The summed E-state index contributed by atoms with van der Waals surface area (Å²) in [5, 5.41) is 9.95. The van der Waals surface area contributed by atoms with Crippen LogP contribution < -0.4 is 0 Å². The second kappa shape index (κ2) is 8.21. The lowest BCUT2D eigenvalue weighted by Gasteiger charge is -2.57. The fraction of sp³-hybridized carbons (Fsp3) is 0.586. The van der Waals surface area contributed by atoms with Gasteiger partial charge in [0, 0.05) is 12.0 Å². The molecule has 0 heterocycles. The lowest BCUT2D eigenvalue weighted by atomic mass is 9.47. The fourth-order valence-electron chi connectivity index (χ4n) is 8.00. The molecular formula is C29H35FO3. The second-order valence-corrected chi connectivity index (χ2v) is 11.5. The molecule has 3 nitrogen and oxygen atoms in total. The van der Waals surface area contributed by atoms with Crippen LogP contribution in [-0.2, 0) is 16.0 Å². The van der Waals surface area contributed by atoms with Crippen LogP contribution in [0.1, 0.15) is 70.8 Å². The van der Waals surface area contributed by atoms with Gasteiger partial charge in [-0.2, -0.15) is 0 Å². The van der Waals surface area contributed by atoms with E-state index in [1.807, 2.05) is 6.08 Å². The highest BCUT2D eigenvalue weighted by molar-refractivity contribution is 5.98. The zero-order valence-corrected chi connectivity index (χ0v) is 19.8. The summed E-state index contributed by atoms with van der Waals surface area (Å²) in [5.74, 6) is 0.0778. The summed E-state index contributed by atoms with van der Waals surface area (Å²) in [6, 6.07) is 6.21. The number of hydrogen-bond donors (Lipinski definition) is 1. The van der Waals surface area contributed by atoms with E-state index in [4.69, 9.17) is 0 Å². The van der Waals surface area contributed by atoms with Crippen LogP contribution in [0.4, 0.5) is 4.39 Å². The summed E-state index contributed by atoms with van der Waals surface area (Å²) >= 11 is 0. The van der Waals surface area contributed by atoms with Crippen LogP contribution in [0.5, 0.6) is 0 Å². The molecule has 4 aliphatic carbocycles. The molecule has 33 heavy (non-hydrogen) atoms. The minimum absolute atomic E-state index is 0.00288. The van der Waals surface area contributed by atoms with Gasteiger partial charge in [0.05, 0.1) is 5.92 Å². The normalized spacial score (nSPS) is 37.3. The van der Waals surface area contributed by atoms with Crippen LogP contribution in [-0.4, -0.2) is 16.9 Å². The molecule has 6 atom stereocenters. The third-order valence-electron chi connectivity index (χ3n) is 9.83. The summed E-state index contributed by atoms with van der Waals surface area (Å²) in [6.07, 6.45) is 13.0. The van der Waals surface area contributed by atoms with Crippen LogP contribution >= 0.6 is 0 Å². The van der Waals surface area contributed by atoms with Gasteiger partial charge in [0.25, 0.3) is 0 Å². The molecule has 176 valence electrons. The van der Waals surface area contributed by atoms with Crippen molar-refractivity contribution >= 4 is 11.8 Å². The average Bonchev–Trinajstić information content (AvgIpc) is 3.19. The largest absolute Gasteiger partial charge is 0.478 e. The Kier molecular flexibility index (Phi) is 5.61. The SMILES string of the molecule is C[C@@]12CCC[C@H]1[C@@H]1CC=C3C=C(C(=O)O)C(C(=O)CCc4ccc(F)cc4)C[C@]3(C)[C@H]1CC2. The molecule has 0 amide bonds. The Morgan fingerprint density at radius 3 is 2.58 bits per heavy atom. The number of Topliss-reactive ketones (excluding diaryl/α,β-unsaturated/α-hetero) is 1. The first-order valence-electron chi connectivity index (χ1n) is 12.6. The van der Waals surface area contributed by atoms with Crippen molar-refractivity contribution in [2.24, 2.45) is 34.5 Å². The molecule has 4 heteroatoms. The highest BCUT2D eigenvalue weighted by atomic mass is 19.1. The predicted molar refractivity (Wildman–Crippen MR) is 126 cm³/mol. The number of aryl methyl sites for hydroxylation is 1. The van der Waals surface area contributed by atoms with Crippen LogP contribution in [0.25, 0.3) is 0 Å². The smallest absolute Gasteiger partial charge is 0.332 e. The number of carboxylic acid groups (broad SMARTS) is 1.